The van der Waals surface area contributed by atoms with Crippen molar-refractivity contribution in [3.63, 3.8) is 0 Å². The van der Waals surface area contributed by atoms with Crippen LogP contribution in [-0.4, -0.2) is 6.04 Å². The summed E-state index contributed by atoms with van der Waals surface area (Å²) in [7, 11) is 0. The predicted molar refractivity (Wildman–Crippen MR) is 83.7 cm³/mol. The van der Waals surface area contributed by atoms with Crippen LogP contribution in [-0.2, 0) is 11.8 Å². The van der Waals surface area contributed by atoms with Crippen molar-refractivity contribution in [3.05, 3.63) is 35.4 Å². The van der Waals surface area contributed by atoms with Crippen LogP contribution in [0.2, 0.25) is 0 Å². The Morgan fingerprint density at radius 1 is 1.10 bits per heavy atom. The van der Waals surface area contributed by atoms with Crippen LogP contribution in [0.25, 0.3) is 0 Å². The number of hydrogen-bond donors (Lipinski definition) is 1. The molecule has 2 N–H and O–H groups in total. The number of rotatable bonds is 2. The molecule has 0 radical (unpaired) electrons. The van der Waals surface area contributed by atoms with Crippen LogP contribution in [0.5, 0.6) is 0 Å². The van der Waals surface area contributed by atoms with Crippen LogP contribution in [0.15, 0.2) is 24.3 Å². The summed E-state index contributed by atoms with van der Waals surface area (Å²) in [5, 5.41) is 0. The Hall–Kier alpha value is -0.820. The zero-order valence-electron chi connectivity index (χ0n) is 12.5. The maximum absolute atomic E-state index is 6.04. The van der Waals surface area contributed by atoms with Gasteiger partial charge in [0.15, 0.2) is 0 Å². The maximum atomic E-state index is 6.04. The first-order valence-corrected chi connectivity index (χ1v) is 8.62. The van der Waals surface area contributed by atoms with Crippen LogP contribution >= 0.6 is 0 Å². The minimum Gasteiger partial charge on any atom is -0.328 e. The highest BCUT2D eigenvalue weighted by Gasteiger charge is 2.56. The van der Waals surface area contributed by atoms with E-state index in [0.717, 1.165) is 11.8 Å². The lowest BCUT2D eigenvalue weighted by Crippen LogP contribution is -2.27. The zero-order chi connectivity index (χ0) is 13.6. The fraction of sp³-hybridized carbons (Fsp3) is 0.684. The smallest absolute Gasteiger partial charge is 0.00390 e. The summed E-state index contributed by atoms with van der Waals surface area (Å²) in [6.07, 6.45) is 12.4. The molecule has 0 saturated heterocycles. The number of fused-ring (bicyclic) bond motifs is 2. The van der Waals surface area contributed by atoms with E-state index in [1.807, 2.05) is 0 Å². The highest BCUT2D eigenvalue weighted by atomic mass is 14.6. The zero-order valence-corrected chi connectivity index (χ0v) is 12.5. The van der Waals surface area contributed by atoms with Gasteiger partial charge in [-0.3, -0.25) is 0 Å². The minimum atomic E-state index is 0.495. The molecule has 1 spiro atoms. The summed E-state index contributed by atoms with van der Waals surface area (Å²) < 4.78 is 0. The summed E-state index contributed by atoms with van der Waals surface area (Å²) in [4.78, 5) is 0. The fourth-order valence-corrected chi connectivity index (χ4v) is 5.11. The molecule has 0 heterocycles. The second kappa shape index (κ2) is 4.87. The molecule has 1 heteroatoms. The number of nitrogens with two attached hydrogens (primary N) is 1. The second-order valence-corrected chi connectivity index (χ2v) is 7.58. The molecule has 3 aliphatic rings. The van der Waals surface area contributed by atoms with Gasteiger partial charge in [0.05, 0.1) is 0 Å². The fourth-order valence-electron chi connectivity index (χ4n) is 5.11. The van der Waals surface area contributed by atoms with Crippen molar-refractivity contribution in [2.24, 2.45) is 17.6 Å². The van der Waals surface area contributed by atoms with Gasteiger partial charge in [-0.25, -0.2) is 0 Å². The molecule has 2 atom stereocenters. The van der Waals surface area contributed by atoms with Gasteiger partial charge in [0.25, 0.3) is 0 Å². The molecule has 3 aliphatic carbocycles. The largest absolute Gasteiger partial charge is 0.328 e. The van der Waals surface area contributed by atoms with E-state index in [2.05, 4.69) is 24.3 Å². The van der Waals surface area contributed by atoms with E-state index in [1.165, 1.54) is 57.8 Å². The van der Waals surface area contributed by atoms with E-state index >= 15 is 0 Å². The van der Waals surface area contributed by atoms with Crippen LogP contribution in [0.3, 0.4) is 0 Å². The van der Waals surface area contributed by atoms with Crippen molar-refractivity contribution in [2.45, 2.75) is 69.2 Å². The predicted octanol–water partition coefficient (Wildman–Crippen LogP) is 4.19. The van der Waals surface area contributed by atoms with Gasteiger partial charge in [0.2, 0.25) is 0 Å². The van der Waals surface area contributed by atoms with E-state index in [9.17, 15) is 0 Å². The summed E-state index contributed by atoms with van der Waals surface area (Å²) in [6.45, 7) is 0. The number of hydrogen-bond acceptors (Lipinski definition) is 1. The molecule has 0 bridgehead atoms. The van der Waals surface area contributed by atoms with E-state index in [1.54, 1.807) is 11.1 Å². The molecule has 0 aliphatic heterocycles. The number of aryl methyl sites for hydroxylation is 1. The van der Waals surface area contributed by atoms with Gasteiger partial charge < -0.3 is 5.73 Å². The molecule has 1 aromatic rings. The molecular weight excluding hydrogens is 242 g/mol. The number of benzene rings is 1. The molecule has 2 unspecified atom stereocenters. The van der Waals surface area contributed by atoms with E-state index in [-0.39, 0.29) is 0 Å². The SMILES string of the molecule is NC1CCC(CC2CC23CCCc2ccccc23)CC1. The van der Waals surface area contributed by atoms with Crippen LogP contribution in [0, 0.1) is 11.8 Å². The summed E-state index contributed by atoms with van der Waals surface area (Å²) >= 11 is 0. The van der Waals surface area contributed by atoms with E-state index in [0.29, 0.717) is 11.5 Å². The Bertz CT molecular complexity index is 486. The van der Waals surface area contributed by atoms with Crippen molar-refractivity contribution in [3.8, 4) is 0 Å². The summed E-state index contributed by atoms with van der Waals surface area (Å²) in [6, 6.07) is 9.75. The Kier molecular flexibility index (Phi) is 3.14. The third-order valence-corrected chi connectivity index (χ3v) is 6.36. The molecule has 1 aromatic carbocycles. The van der Waals surface area contributed by atoms with Gasteiger partial charge in [-0.1, -0.05) is 24.3 Å². The van der Waals surface area contributed by atoms with Crippen molar-refractivity contribution in [1.82, 2.24) is 0 Å². The standard InChI is InChI=1S/C19H27N/c20-17-9-7-14(8-10-17)12-16-13-19(16)11-3-5-15-4-1-2-6-18(15)19/h1-2,4,6,14,16-17H,3,5,7-13,20H2. The van der Waals surface area contributed by atoms with E-state index in [4.69, 9.17) is 5.73 Å². The van der Waals surface area contributed by atoms with Gasteiger partial charge in [-0.15, -0.1) is 0 Å². The maximum Gasteiger partial charge on any atom is 0.00390 e. The van der Waals surface area contributed by atoms with Crippen molar-refractivity contribution in [2.75, 3.05) is 0 Å². The van der Waals surface area contributed by atoms with Gasteiger partial charge in [-0.05, 0) is 86.2 Å². The average molecular weight is 269 g/mol. The Balaban J connectivity index is 1.47. The van der Waals surface area contributed by atoms with Gasteiger partial charge in [0.1, 0.15) is 0 Å². The van der Waals surface area contributed by atoms with Crippen molar-refractivity contribution < 1.29 is 0 Å². The normalized spacial score (nSPS) is 39.5. The van der Waals surface area contributed by atoms with E-state index < -0.39 is 0 Å². The average Bonchev–Trinajstić information content (AvgIpc) is 3.15. The lowest BCUT2D eigenvalue weighted by molar-refractivity contribution is 0.289. The highest BCUT2D eigenvalue weighted by Crippen LogP contribution is 2.62. The van der Waals surface area contributed by atoms with Crippen LogP contribution < -0.4 is 5.73 Å². The Labute approximate surface area is 122 Å². The molecule has 20 heavy (non-hydrogen) atoms. The molecule has 108 valence electrons. The molecule has 2 fully saturated rings. The second-order valence-electron chi connectivity index (χ2n) is 7.58. The molecule has 0 amide bonds. The van der Waals surface area contributed by atoms with Crippen LogP contribution in [0.4, 0.5) is 0 Å². The Morgan fingerprint density at radius 3 is 2.75 bits per heavy atom. The molecule has 1 nitrogen and oxygen atoms in total. The summed E-state index contributed by atoms with van der Waals surface area (Å²) in [5.74, 6) is 1.94. The molecular formula is C19H27N. The van der Waals surface area contributed by atoms with Crippen molar-refractivity contribution >= 4 is 0 Å². The van der Waals surface area contributed by atoms with Gasteiger partial charge in [0, 0.05) is 6.04 Å². The first kappa shape index (κ1) is 12.9. The van der Waals surface area contributed by atoms with Crippen LogP contribution in [0.1, 0.15) is 62.5 Å². The topological polar surface area (TPSA) is 26.0 Å². The van der Waals surface area contributed by atoms with Crippen molar-refractivity contribution in [1.29, 1.82) is 0 Å². The summed E-state index contributed by atoms with van der Waals surface area (Å²) in [5.41, 5.74) is 9.99. The molecule has 2 saturated carbocycles. The molecule has 4 rings (SSSR count). The lowest BCUT2D eigenvalue weighted by atomic mass is 9.76. The first-order valence-electron chi connectivity index (χ1n) is 8.62. The van der Waals surface area contributed by atoms with Gasteiger partial charge >= 0.3 is 0 Å². The quantitative estimate of drug-likeness (QED) is 0.856. The third kappa shape index (κ3) is 2.11. The molecule has 0 aromatic heterocycles. The van der Waals surface area contributed by atoms with Gasteiger partial charge in [-0.2, -0.15) is 0 Å². The minimum absolute atomic E-state index is 0.495. The first-order chi connectivity index (χ1) is 9.78. The Morgan fingerprint density at radius 2 is 1.90 bits per heavy atom. The third-order valence-electron chi connectivity index (χ3n) is 6.36. The highest BCUT2D eigenvalue weighted by molar-refractivity contribution is 5.42. The lowest BCUT2D eigenvalue weighted by Gasteiger charge is -2.30. The monoisotopic (exact) mass is 269 g/mol.